The van der Waals surface area contributed by atoms with Crippen LogP contribution in [0, 0.1) is 0 Å². The fourth-order valence-corrected chi connectivity index (χ4v) is 2.96. The molecule has 3 rings (SSSR count). The molecule has 0 aliphatic carbocycles. The van der Waals surface area contributed by atoms with Gasteiger partial charge in [0, 0.05) is 12.3 Å². The standard InChI is InChI=1S/C13H9ClN2OS/c1-17-12-4-2-3-9(16-12)11-7-10-13(18-11)8(14)5-6-15-10/h2-7H,1H3. The lowest BCUT2D eigenvalue weighted by Gasteiger charge is -2.00. The summed E-state index contributed by atoms with van der Waals surface area (Å²) in [5, 5.41) is 0.721. The molecule has 3 aromatic rings. The van der Waals surface area contributed by atoms with Gasteiger partial charge in [-0.25, -0.2) is 4.98 Å². The molecule has 0 spiro atoms. The van der Waals surface area contributed by atoms with E-state index in [4.69, 9.17) is 16.3 Å². The van der Waals surface area contributed by atoms with Gasteiger partial charge in [0.1, 0.15) is 0 Å². The van der Waals surface area contributed by atoms with Crippen LogP contribution in [0.15, 0.2) is 36.5 Å². The third kappa shape index (κ3) is 1.94. The number of hydrogen-bond acceptors (Lipinski definition) is 4. The summed E-state index contributed by atoms with van der Waals surface area (Å²) < 4.78 is 6.11. The maximum absolute atomic E-state index is 6.14. The van der Waals surface area contributed by atoms with Crippen LogP contribution in [0.1, 0.15) is 0 Å². The first-order valence-electron chi connectivity index (χ1n) is 5.33. The lowest BCUT2D eigenvalue weighted by molar-refractivity contribution is 0.398. The highest BCUT2D eigenvalue weighted by Crippen LogP contribution is 2.35. The van der Waals surface area contributed by atoms with Gasteiger partial charge in [0.15, 0.2) is 0 Å². The molecule has 0 bridgehead atoms. The van der Waals surface area contributed by atoms with Gasteiger partial charge in [-0.2, -0.15) is 0 Å². The maximum Gasteiger partial charge on any atom is 0.213 e. The number of rotatable bonds is 2. The molecule has 0 aromatic carbocycles. The van der Waals surface area contributed by atoms with Gasteiger partial charge in [0.05, 0.1) is 32.9 Å². The van der Waals surface area contributed by atoms with E-state index in [-0.39, 0.29) is 0 Å². The smallest absolute Gasteiger partial charge is 0.213 e. The molecule has 0 aliphatic heterocycles. The van der Waals surface area contributed by atoms with Crippen molar-refractivity contribution in [3.05, 3.63) is 41.6 Å². The summed E-state index contributed by atoms with van der Waals surface area (Å²) in [5.41, 5.74) is 1.76. The summed E-state index contributed by atoms with van der Waals surface area (Å²) in [4.78, 5) is 9.73. The molecule has 3 heterocycles. The van der Waals surface area contributed by atoms with Crippen LogP contribution in [0.25, 0.3) is 20.8 Å². The predicted octanol–water partition coefficient (Wildman–Crippen LogP) is 4.02. The van der Waals surface area contributed by atoms with E-state index in [2.05, 4.69) is 9.97 Å². The van der Waals surface area contributed by atoms with Gasteiger partial charge in [-0.3, -0.25) is 4.98 Å². The van der Waals surface area contributed by atoms with E-state index in [1.165, 1.54) is 0 Å². The molecule has 3 aromatic heterocycles. The Morgan fingerprint density at radius 3 is 2.94 bits per heavy atom. The molecule has 0 unspecified atom stereocenters. The summed E-state index contributed by atoms with van der Waals surface area (Å²) in [6.07, 6.45) is 1.71. The summed E-state index contributed by atoms with van der Waals surface area (Å²) in [7, 11) is 1.61. The molecule has 18 heavy (non-hydrogen) atoms. The Morgan fingerprint density at radius 2 is 2.17 bits per heavy atom. The highest BCUT2D eigenvalue weighted by molar-refractivity contribution is 7.22. The molecule has 90 valence electrons. The van der Waals surface area contributed by atoms with Crippen molar-refractivity contribution >= 4 is 33.2 Å². The van der Waals surface area contributed by atoms with Crippen LogP contribution in [0.2, 0.25) is 5.02 Å². The first-order chi connectivity index (χ1) is 8.78. The molecule has 0 saturated heterocycles. The minimum Gasteiger partial charge on any atom is -0.481 e. The van der Waals surface area contributed by atoms with Crippen molar-refractivity contribution < 1.29 is 4.74 Å². The monoisotopic (exact) mass is 276 g/mol. The van der Waals surface area contributed by atoms with Crippen molar-refractivity contribution in [3.8, 4) is 16.5 Å². The van der Waals surface area contributed by atoms with Crippen LogP contribution in [0.3, 0.4) is 0 Å². The minimum atomic E-state index is 0.601. The molecule has 0 saturated carbocycles. The fraction of sp³-hybridized carbons (Fsp3) is 0.0769. The number of aromatic nitrogens is 2. The zero-order valence-corrected chi connectivity index (χ0v) is 11.1. The average molecular weight is 277 g/mol. The van der Waals surface area contributed by atoms with E-state index in [0.717, 1.165) is 25.8 Å². The predicted molar refractivity (Wildman–Crippen MR) is 74.4 cm³/mol. The van der Waals surface area contributed by atoms with Crippen molar-refractivity contribution in [1.82, 2.24) is 9.97 Å². The second-order valence-electron chi connectivity index (χ2n) is 3.68. The molecule has 5 heteroatoms. The van der Waals surface area contributed by atoms with Crippen molar-refractivity contribution in [2.45, 2.75) is 0 Å². The lowest BCUT2D eigenvalue weighted by Crippen LogP contribution is -1.87. The molecule has 0 aliphatic rings. The lowest BCUT2D eigenvalue weighted by atomic mass is 10.3. The third-order valence-corrected chi connectivity index (χ3v) is 4.16. The van der Waals surface area contributed by atoms with Gasteiger partial charge < -0.3 is 4.74 Å². The second kappa shape index (κ2) is 4.55. The third-order valence-electron chi connectivity index (χ3n) is 2.55. The van der Waals surface area contributed by atoms with Gasteiger partial charge >= 0.3 is 0 Å². The Kier molecular flexibility index (Phi) is 2.89. The van der Waals surface area contributed by atoms with Gasteiger partial charge in [-0.15, -0.1) is 11.3 Å². The van der Waals surface area contributed by atoms with Crippen molar-refractivity contribution in [2.24, 2.45) is 0 Å². The molecule has 0 atom stereocenters. The largest absolute Gasteiger partial charge is 0.481 e. The summed E-state index contributed by atoms with van der Waals surface area (Å²) >= 11 is 7.73. The second-order valence-corrected chi connectivity index (χ2v) is 5.14. The SMILES string of the molecule is COc1cccc(-c2cc3nccc(Cl)c3s2)n1. The van der Waals surface area contributed by atoms with E-state index < -0.39 is 0 Å². The summed E-state index contributed by atoms with van der Waals surface area (Å²) in [5.74, 6) is 0.601. The van der Waals surface area contributed by atoms with Crippen molar-refractivity contribution in [2.75, 3.05) is 7.11 Å². The Hall–Kier alpha value is -1.65. The molecule has 0 amide bonds. The van der Waals surface area contributed by atoms with E-state index in [1.54, 1.807) is 30.7 Å². The Morgan fingerprint density at radius 1 is 1.28 bits per heavy atom. The number of ether oxygens (including phenoxy) is 1. The zero-order valence-electron chi connectivity index (χ0n) is 9.55. The van der Waals surface area contributed by atoms with Gasteiger partial charge in [-0.05, 0) is 18.2 Å². The summed E-state index contributed by atoms with van der Waals surface area (Å²) in [6, 6.07) is 9.47. The number of pyridine rings is 2. The molecule has 0 fully saturated rings. The Balaban J connectivity index is 2.16. The van der Waals surface area contributed by atoms with Gasteiger partial charge in [0.25, 0.3) is 0 Å². The van der Waals surface area contributed by atoms with E-state index in [9.17, 15) is 0 Å². The van der Waals surface area contributed by atoms with Crippen LogP contribution in [0.5, 0.6) is 5.88 Å². The van der Waals surface area contributed by atoms with Crippen LogP contribution in [-0.2, 0) is 0 Å². The number of fused-ring (bicyclic) bond motifs is 1. The molecular weight excluding hydrogens is 268 g/mol. The van der Waals surface area contributed by atoms with Crippen LogP contribution in [-0.4, -0.2) is 17.1 Å². The van der Waals surface area contributed by atoms with E-state index >= 15 is 0 Å². The molecular formula is C13H9ClN2OS. The highest BCUT2D eigenvalue weighted by atomic mass is 35.5. The quantitative estimate of drug-likeness (QED) is 0.709. The highest BCUT2D eigenvalue weighted by Gasteiger charge is 2.09. The average Bonchev–Trinajstić information content (AvgIpc) is 2.84. The number of halogens is 1. The number of nitrogens with zero attached hydrogens (tertiary/aromatic N) is 2. The van der Waals surface area contributed by atoms with Crippen LogP contribution < -0.4 is 4.74 Å². The number of hydrogen-bond donors (Lipinski definition) is 0. The van der Waals surface area contributed by atoms with E-state index in [1.807, 2.05) is 24.3 Å². The molecule has 0 N–H and O–H groups in total. The van der Waals surface area contributed by atoms with Crippen LogP contribution in [0.4, 0.5) is 0 Å². The zero-order chi connectivity index (χ0) is 12.5. The first-order valence-corrected chi connectivity index (χ1v) is 6.53. The van der Waals surface area contributed by atoms with Gasteiger partial charge in [-0.1, -0.05) is 17.7 Å². The van der Waals surface area contributed by atoms with E-state index in [0.29, 0.717) is 5.88 Å². The number of thiophene rings is 1. The Bertz CT molecular complexity index is 711. The summed E-state index contributed by atoms with van der Waals surface area (Å²) in [6.45, 7) is 0. The maximum atomic E-state index is 6.14. The Labute approximate surface area is 113 Å². The normalized spacial score (nSPS) is 10.8. The molecule has 3 nitrogen and oxygen atoms in total. The topological polar surface area (TPSA) is 35.0 Å². The molecule has 0 radical (unpaired) electrons. The van der Waals surface area contributed by atoms with Gasteiger partial charge in [0.2, 0.25) is 5.88 Å². The minimum absolute atomic E-state index is 0.601. The van der Waals surface area contributed by atoms with Crippen molar-refractivity contribution in [1.29, 1.82) is 0 Å². The van der Waals surface area contributed by atoms with Crippen molar-refractivity contribution in [3.63, 3.8) is 0 Å². The number of methoxy groups -OCH3 is 1. The van der Waals surface area contributed by atoms with Crippen LogP contribution >= 0.6 is 22.9 Å². The first kappa shape index (κ1) is 11.4. The fourth-order valence-electron chi connectivity index (χ4n) is 1.70.